The summed E-state index contributed by atoms with van der Waals surface area (Å²) in [5, 5.41) is 3.63. The number of benzene rings is 2. The number of nitrogens with one attached hydrogen (secondary N) is 1. The lowest BCUT2D eigenvalue weighted by molar-refractivity contribution is -0.138. The van der Waals surface area contributed by atoms with Crippen LogP contribution in [-0.4, -0.2) is 64.8 Å². The standard InChI is InChI=1S/C31H39N5O3S/c1-21(2)29(30(38)34-26-10-12-27(13-11-26)35-14-16-39-17-15-35)36(19-25-8-6-22(3)7-9-25)28(37)20-40-31-32-23(4)18-24(5)33-31/h6-13,18,21,29H,14-17,19-20H2,1-5H3,(H,34,38). The molecular weight excluding hydrogens is 522 g/mol. The summed E-state index contributed by atoms with van der Waals surface area (Å²) >= 11 is 1.30. The number of hydrogen-bond donors (Lipinski definition) is 1. The first-order valence-corrected chi connectivity index (χ1v) is 14.7. The molecule has 1 fully saturated rings. The van der Waals surface area contributed by atoms with E-state index in [9.17, 15) is 9.59 Å². The van der Waals surface area contributed by atoms with Crippen LogP contribution < -0.4 is 10.2 Å². The van der Waals surface area contributed by atoms with Crippen molar-refractivity contribution in [2.45, 2.75) is 52.4 Å². The Morgan fingerprint density at radius 2 is 1.60 bits per heavy atom. The Morgan fingerprint density at radius 1 is 0.975 bits per heavy atom. The molecule has 0 radical (unpaired) electrons. The van der Waals surface area contributed by atoms with E-state index in [0.29, 0.717) is 30.6 Å². The first-order chi connectivity index (χ1) is 19.2. The van der Waals surface area contributed by atoms with E-state index in [1.54, 1.807) is 4.90 Å². The Balaban J connectivity index is 1.52. The summed E-state index contributed by atoms with van der Waals surface area (Å²) in [4.78, 5) is 40.4. The van der Waals surface area contributed by atoms with E-state index in [-0.39, 0.29) is 23.5 Å². The molecule has 9 heteroatoms. The van der Waals surface area contributed by atoms with E-state index < -0.39 is 6.04 Å². The summed E-state index contributed by atoms with van der Waals surface area (Å²) in [6.07, 6.45) is 0. The number of nitrogens with zero attached hydrogens (tertiary/aromatic N) is 4. The fourth-order valence-electron chi connectivity index (χ4n) is 4.80. The second-order valence-corrected chi connectivity index (χ2v) is 11.5. The third-order valence-electron chi connectivity index (χ3n) is 6.83. The van der Waals surface area contributed by atoms with Crippen molar-refractivity contribution in [2.24, 2.45) is 5.92 Å². The van der Waals surface area contributed by atoms with Gasteiger partial charge in [0.25, 0.3) is 0 Å². The zero-order valence-corrected chi connectivity index (χ0v) is 24.8. The average molecular weight is 562 g/mol. The van der Waals surface area contributed by atoms with Crippen LogP contribution in [0.2, 0.25) is 0 Å². The molecule has 1 unspecified atom stereocenters. The number of carbonyl (C=O) groups is 2. The van der Waals surface area contributed by atoms with E-state index in [2.05, 4.69) is 20.2 Å². The quantitative estimate of drug-likeness (QED) is 0.275. The van der Waals surface area contributed by atoms with Gasteiger partial charge in [-0.3, -0.25) is 9.59 Å². The maximum Gasteiger partial charge on any atom is 0.247 e. The van der Waals surface area contributed by atoms with Crippen LogP contribution in [0.25, 0.3) is 0 Å². The number of carbonyl (C=O) groups excluding carboxylic acids is 2. The minimum absolute atomic E-state index is 0.107. The molecule has 8 nitrogen and oxygen atoms in total. The highest BCUT2D eigenvalue weighted by molar-refractivity contribution is 7.99. The summed E-state index contributed by atoms with van der Waals surface area (Å²) in [5.74, 6) is -0.309. The molecule has 0 spiro atoms. The number of anilines is 2. The van der Waals surface area contributed by atoms with Gasteiger partial charge in [0.15, 0.2) is 5.16 Å². The van der Waals surface area contributed by atoms with Gasteiger partial charge in [-0.25, -0.2) is 9.97 Å². The second-order valence-electron chi connectivity index (χ2n) is 10.6. The topological polar surface area (TPSA) is 87.7 Å². The van der Waals surface area contributed by atoms with Crippen LogP contribution >= 0.6 is 11.8 Å². The maximum absolute atomic E-state index is 13.7. The molecule has 0 aliphatic carbocycles. The molecule has 1 saturated heterocycles. The largest absolute Gasteiger partial charge is 0.378 e. The molecule has 1 atom stereocenters. The van der Waals surface area contributed by atoms with Crippen LogP contribution in [0, 0.1) is 26.7 Å². The van der Waals surface area contributed by atoms with Crippen molar-refractivity contribution in [1.82, 2.24) is 14.9 Å². The summed E-state index contributed by atoms with van der Waals surface area (Å²) in [5.41, 5.74) is 5.63. The minimum Gasteiger partial charge on any atom is -0.378 e. The Hall–Kier alpha value is -3.43. The molecule has 2 heterocycles. The maximum atomic E-state index is 13.7. The van der Waals surface area contributed by atoms with Gasteiger partial charge >= 0.3 is 0 Å². The third-order valence-corrected chi connectivity index (χ3v) is 7.66. The number of aryl methyl sites for hydroxylation is 3. The third kappa shape index (κ3) is 8.05. The van der Waals surface area contributed by atoms with E-state index >= 15 is 0 Å². The molecule has 40 heavy (non-hydrogen) atoms. The monoisotopic (exact) mass is 561 g/mol. The smallest absolute Gasteiger partial charge is 0.247 e. The fraction of sp³-hybridized carbons (Fsp3) is 0.419. The normalized spacial score (nSPS) is 14.2. The summed E-state index contributed by atoms with van der Waals surface area (Å²) in [6.45, 7) is 13.3. The van der Waals surface area contributed by atoms with Crippen LogP contribution in [-0.2, 0) is 20.9 Å². The van der Waals surface area contributed by atoms with Gasteiger partial charge in [0, 0.05) is 42.4 Å². The Labute approximate surface area is 241 Å². The van der Waals surface area contributed by atoms with Crippen molar-refractivity contribution in [2.75, 3.05) is 42.3 Å². The Bertz CT molecular complexity index is 1270. The van der Waals surface area contributed by atoms with Gasteiger partial charge in [-0.15, -0.1) is 0 Å². The van der Waals surface area contributed by atoms with Crippen LogP contribution in [0.5, 0.6) is 0 Å². The molecule has 1 aliphatic rings. The van der Waals surface area contributed by atoms with E-state index in [0.717, 1.165) is 41.3 Å². The molecule has 3 aromatic rings. The van der Waals surface area contributed by atoms with Crippen LogP contribution in [0.1, 0.15) is 36.4 Å². The van der Waals surface area contributed by atoms with Crippen LogP contribution in [0.15, 0.2) is 59.8 Å². The first-order valence-electron chi connectivity index (χ1n) is 13.7. The molecule has 0 bridgehead atoms. The lowest BCUT2D eigenvalue weighted by atomic mass is 10.00. The van der Waals surface area contributed by atoms with Crippen LogP contribution in [0.4, 0.5) is 11.4 Å². The molecule has 2 amide bonds. The zero-order valence-electron chi connectivity index (χ0n) is 24.0. The van der Waals surface area contributed by atoms with Crippen molar-refractivity contribution in [3.8, 4) is 0 Å². The summed E-state index contributed by atoms with van der Waals surface area (Å²) < 4.78 is 5.45. The molecule has 4 rings (SSSR count). The van der Waals surface area contributed by atoms with E-state index in [1.807, 2.05) is 89.2 Å². The lowest BCUT2D eigenvalue weighted by Gasteiger charge is -2.34. The predicted molar refractivity (Wildman–Crippen MR) is 161 cm³/mol. The van der Waals surface area contributed by atoms with Crippen molar-refractivity contribution in [3.63, 3.8) is 0 Å². The summed E-state index contributed by atoms with van der Waals surface area (Å²) in [6, 6.07) is 17.2. The molecule has 1 aromatic heterocycles. The molecule has 1 N–H and O–H groups in total. The van der Waals surface area contributed by atoms with Gasteiger partial charge in [-0.05, 0) is 62.6 Å². The minimum atomic E-state index is -0.659. The van der Waals surface area contributed by atoms with Gasteiger partial charge in [0.2, 0.25) is 11.8 Å². The Kier molecular flexibility index (Phi) is 10.2. The number of morpholine rings is 1. The molecule has 2 aromatic carbocycles. The van der Waals surface area contributed by atoms with Gasteiger partial charge in [-0.1, -0.05) is 55.4 Å². The number of rotatable bonds is 10. The highest BCUT2D eigenvalue weighted by Crippen LogP contribution is 2.23. The first kappa shape index (κ1) is 29.6. The number of amides is 2. The van der Waals surface area contributed by atoms with Crippen molar-refractivity contribution in [1.29, 1.82) is 0 Å². The number of thioether (sulfide) groups is 1. The average Bonchev–Trinajstić information content (AvgIpc) is 2.92. The van der Waals surface area contributed by atoms with Crippen molar-refractivity contribution in [3.05, 3.63) is 77.1 Å². The van der Waals surface area contributed by atoms with Gasteiger partial charge in [-0.2, -0.15) is 0 Å². The molecule has 0 saturated carbocycles. The lowest BCUT2D eigenvalue weighted by Crippen LogP contribution is -2.50. The SMILES string of the molecule is Cc1ccc(CN(C(=O)CSc2nc(C)cc(C)n2)C(C(=O)Nc2ccc(N3CCOCC3)cc2)C(C)C)cc1. The number of hydrogen-bond acceptors (Lipinski definition) is 7. The fourth-order valence-corrected chi connectivity index (χ4v) is 5.63. The van der Waals surface area contributed by atoms with Gasteiger partial charge in [0.1, 0.15) is 6.04 Å². The molecule has 1 aliphatic heterocycles. The number of aromatic nitrogens is 2. The van der Waals surface area contributed by atoms with E-state index in [1.165, 1.54) is 11.8 Å². The van der Waals surface area contributed by atoms with Gasteiger partial charge in [0.05, 0.1) is 19.0 Å². The second kappa shape index (κ2) is 13.8. The van der Waals surface area contributed by atoms with Crippen molar-refractivity contribution < 1.29 is 14.3 Å². The molecule has 212 valence electrons. The van der Waals surface area contributed by atoms with Crippen molar-refractivity contribution >= 4 is 35.0 Å². The molecular formula is C31H39N5O3S. The Morgan fingerprint density at radius 3 is 2.20 bits per heavy atom. The predicted octanol–water partition coefficient (Wildman–Crippen LogP) is 5.02. The van der Waals surface area contributed by atoms with E-state index in [4.69, 9.17) is 4.74 Å². The van der Waals surface area contributed by atoms with Gasteiger partial charge < -0.3 is 19.9 Å². The van der Waals surface area contributed by atoms with Crippen LogP contribution in [0.3, 0.4) is 0 Å². The number of ether oxygens (including phenoxy) is 1. The zero-order chi connectivity index (χ0) is 28.6. The summed E-state index contributed by atoms with van der Waals surface area (Å²) in [7, 11) is 0. The highest BCUT2D eigenvalue weighted by atomic mass is 32.2. The highest BCUT2D eigenvalue weighted by Gasteiger charge is 2.33.